The third-order valence-corrected chi connectivity index (χ3v) is 14.7. The first-order chi connectivity index (χ1) is 29.1. The van der Waals surface area contributed by atoms with Gasteiger partial charge in [-0.05, 0) is 32.1 Å². The van der Waals surface area contributed by atoms with Crippen LogP contribution in [-0.4, -0.2) is 53.1 Å². The lowest BCUT2D eigenvalue weighted by atomic mass is 9.77. The van der Waals surface area contributed by atoms with Gasteiger partial charge in [0.25, 0.3) is 0 Å². The van der Waals surface area contributed by atoms with E-state index < -0.39 is 0 Å². The van der Waals surface area contributed by atoms with Gasteiger partial charge >= 0.3 is 0 Å². The van der Waals surface area contributed by atoms with E-state index in [0.717, 1.165) is 24.1 Å². The van der Waals surface area contributed by atoms with Crippen LogP contribution in [0.15, 0.2) is 0 Å². The van der Waals surface area contributed by atoms with E-state index in [2.05, 4.69) is 27.7 Å². The van der Waals surface area contributed by atoms with Gasteiger partial charge in [0, 0.05) is 19.3 Å². The van der Waals surface area contributed by atoms with Crippen molar-refractivity contribution >= 4 is 0 Å². The number of unbranched alkanes of at least 4 members (excludes halogenated alkanes) is 39. The molecule has 2 N–H and O–H groups in total. The molecule has 60 heavy (non-hydrogen) atoms. The van der Waals surface area contributed by atoms with Crippen molar-refractivity contribution < 1.29 is 31.7 Å². The number of hydrogen-bond donors (Lipinski definition) is 2. The lowest BCUT2D eigenvalue weighted by molar-refractivity contribution is -0.978. The molecule has 0 aliphatic carbocycles. The quantitative estimate of drug-likeness (QED) is 0.0471. The zero-order chi connectivity index (χ0) is 43.1. The first kappa shape index (κ1) is 62.4. The second-order valence-electron chi connectivity index (χ2n) is 20.0. The summed E-state index contributed by atoms with van der Waals surface area (Å²) in [5, 5.41) is 21.7. The first-order valence-electron chi connectivity index (χ1n) is 28.2. The van der Waals surface area contributed by atoms with Crippen molar-refractivity contribution in [2.45, 2.75) is 329 Å². The van der Waals surface area contributed by atoms with Crippen LogP contribution in [0.4, 0.5) is 0 Å². The van der Waals surface area contributed by atoms with E-state index in [1.165, 1.54) is 295 Å². The minimum Gasteiger partial charge on any atom is -1.00 e. The SMILES string of the molecule is CCCCCCCCCCCCCCC(CCCCCCCCCCC)(CCCCCCCCCCCCCC)[N+](CCO)(CCO)CCCCCCCCCCCC.[Br-]. The molecule has 0 aromatic carbocycles. The first-order valence-corrected chi connectivity index (χ1v) is 28.2. The summed E-state index contributed by atoms with van der Waals surface area (Å²) in [5.41, 5.74) is 0.197. The lowest BCUT2D eigenvalue weighted by Gasteiger charge is -2.54. The van der Waals surface area contributed by atoms with Crippen LogP contribution in [0.1, 0.15) is 323 Å². The van der Waals surface area contributed by atoms with Gasteiger partial charge in [0.05, 0.1) is 25.3 Å². The predicted octanol–water partition coefficient (Wildman–Crippen LogP) is 15.6. The Kier molecular flexibility index (Phi) is 52.4. The molecule has 0 heterocycles. The number of aliphatic hydroxyl groups is 2. The molecule has 0 amide bonds. The normalized spacial score (nSPS) is 12.1. The van der Waals surface area contributed by atoms with Gasteiger partial charge in [-0.1, -0.05) is 272 Å². The number of aliphatic hydroxyl groups excluding tert-OH is 2. The number of hydrogen-bond acceptors (Lipinski definition) is 2. The van der Waals surface area contributed by atoms with Crippen molar-refractivity contribution in [2.24, 2.45) is 0 Å². The zero-order valence-corrected chi connectivity index (χ0v) is 43.9. The molecule has 364 valence electrons. The van der Waals surface area contributed by atoms with Crippen LogP contribution in [0, 0.1) is 0 Å². The largest absolute Gasteiger partial charge is 1.00 e. The maximum absolute atomic E-state index is 10.8. The van der Waals surface area contributed by atoms with E-state index in [9.17, 15) is 10.2 Å². The van der Waals surface area contributed by atoms with Gasteiger partial charge in [-0.15, -0.1) is 0 Å². The van der Waals surface area contributed by atoms with Crippen molar-refractivity contribution in [1.29, 1.82) is 0 Å². The van der Waals surface area contributed by atoms with E-state index in [1.54, 1.807) is 0 Å². The third-order valence-electron chi connectivity index (χ3n) is 14.7. The molecule has 0 aliphatic heterocycles. The van der Waals surface area contributed by atoms with Gasteiger partial charge < -0.3 is 31.7 Å². The molecule has 0 bridgehead atoms. The molecule has 0 saturated carbocycles. The average molecular weight is 915 g/mol. The van der Waals surface area contributed by atoms with E-state index >= 15 is 0 Å². The van der Waals surface area contributed by atoms with Gasteiger partial charge in [0.2, 0.25) is 0 Å². The molecule has 0 saturated heterocycles. The fourth-order valence-corrected chi connectivity index (χ4v) is 10.8. The summed E-state index contributed by atoms with van der Waals surface area (Å²) in [6.45, 7) is 12.6. The molecule has 0 rings (SSSR count). The summed E-state index contributed by atoms with van der Waals surface area (Å²) in [4.78, 5) is 0. The Morgan fingerprint density at radius 1 is 0.250 bits per heavy atom. The number of nitrogens with zero attached hydrogens (tertiary/aromatic N) is 1. The fraction of sp³-hybridized carbons (Fsp3) is 1.00. The van der Waals surface area contributed by atoms with Crippen LogP contribution < -0.4 is 17.0 Å². The highest BCUT2D eigenvalue weighted by Gasteiger charge is 2.48. The number of halogens is 1. The second kappa shape index (κ2) is 50.4. The predicted molar refractivity (Wildman–Crippen MR) is 267 cm³/mol. The number of quaternary nitrogens is 1. The average Bonchev–Trinajstić information content (AvgIpc) is 3.24. The zero-order valence-electron chi connectivity index (χ0n) is 42.3. The Morgan fingerprint density at radius 2 is 0.433 bits per heavy atom. The Hall–Kier alpha value is 0.360. The van der Waals surface area contributed by atoms with Crippen LogP contribution in [0.3, 0.4) is 0 Å². The topological polar surface area (TPSA) is 40.5 Å². The molecule has 3 nitrogen and oxygen atoms in total. The molecule has 0 atom stereocenters. The van der Waals surface area contributed by atoms with E-state index in [4.69, 9.17) is 0 Å². The summed E-state index contributed by atoms with van der Waals surface area (Å²) in [7, 11) is 0. The summed E-state index contributed by atoms with van der Waals surface area (Å²) in [6.07, 6.45) is 63.8. The van der Waals surface area contributed by atoms with Gasteiger partial charge in [-0.3, -0.25) is 0 Å². The van der Waals surface area contributed by atoms with Crippen LogP contribution in [-0.2, 0) is 0 Å². The van der Waals surface area contributed by atoms with Crippen LogP contribution >= 0.6 is 0 Å². The summed E-state index contributed by atoms with van der Waals surface area (Å²) >= 11 is 0. The molecule has 0 spiro atoms. The van der Waals surface area contributed by atoms with Crippen molar-refractivity contribution in [3.63, 3.8) is 0 Å². The Balaban J connectivity index is 0. The smallest absolute Gasteiger partial charge is 0.103 e. The van der Waals surface area contributed by atoms with Crippen molar-refractivity contribution in [3.05, 3.63) is 0 Å². The Morgan fingerprint density at radius 3 is 0.633 bits per heavy atom. The Labute approximate surface area is 391 Å². The number of rotatable bonds is 52. The standard InChI is InChI=1S/C56H116NO2.BrH/c1-5-9-13-17-21-25-28-30-33-37-41-45-49-56(48-44-40-36-32-24-20-16-12-8-4,50-46-42-38-34-31-29-26-22-18-14-10-6-2)57(52-54-58,53-55-59)51-47-43-39-35-27-23-19-15-11-7-3;/h58-59H,5-55H2,1-4H3;1H/q+1;/p-1. The van der Waals surface area contributed by atoms with E-state index in [0.29, 0.717) is 0 Å². The van der Waals surface area contributed by atoms with E-state index in [-0.39, 0.29) is 35.7 Å². The summed E-state index contributed by atoms with van der Waals surface area (Å²) in [5.74, 6) is 0. The van der Waals surface area contributed by atoms with Gasteiger partial charge in [-0.25, -0.2) is 0 Å². The van der Waals surface area contributed by atoms with Crippen molar-refractivity contribution in [1.82, 2.24) is 0 Å². The molecule has 0 unspecified atom stereocenters. The molecule has 0 fully saturated rings. The monoisotopic (exact) mass is 914 g/mol. The maximum Gasteiger partial charge on any atom is 0.103 e. The highest BCUT2D eigenvalue weighted by molar-refractivity contribution is 4.84. The van der Waals surface area contributed by atoms with Gasteiger partial charge in [-0.2, -0.15) is 0 Å². The highest BCUT2D eigenvalue weighted by Crippen LogP contribution is 2.41. The third kappa shape index (κ3) is 36.7. The molecule has 4 heteroatoms. The maximum atomic E-state index is 10.8. The minimum atomic E-state index is 0. The minimum absolute atomic E-state index is 0. The van der Waals surface area contributed by atoms with Crippen LogP contribution in [0.25, 0.3) is 0 Å². The lowest BCUT2D eigenvalue weighted by Crippen LogP contribution is -3.00. The molecular formula is C56H116BrNO2. The molecular weight excluding hydrogens is 799 g/mol. The summed E-state index contributed by atoms with van der Waals surface area (Å²) in [6, 6.07) is 0. The summed E-state index contributed by atoms with van der Waals surface area (Å²) < 4.78 is 0.990. The molecule has 0 aliphatic rings. The second-order valence-corrected chi connectivity index (χ2v) is 20.0. The van der Waals surface area contributed by atoms with Crippen LogP contribution in [0.2, 0.25) is 0 Å². The molecule has 0 aromatic rings. The van der Waals surface area contributed by atoms with Crippen LogP contribution in [0.5, 0.6) is 0 Å². The van der Waals surface area contributed by atoms with Crippen molar-refractivity contribution in [2.75, 3.05) is 32.8 Å². The van der Waals surface area contributed by atoms with Gasteiger partial charge in [0.1, 0.15) is 13.1 Å². The molecule has 0 aromatic heterocycles. The van der Waals surface area contributed by atoms with Crippen molar-refractivity contribution in [3.8, 4) is 0 Å². The van der Waals surface area contributed by atoms with E-state index in [1.807, 2.05) is 0 Å². The van der Waals surface area contributed by atoms with Gasteiger partial charge in [0.15, 0.2) is 0 Å². The fourth-order valence-electron chi connectivity index (χ4n) is 10.8. The Bertz CT molecular complexity index is 742. The highest BCUT2D eigenvalue weighted by atomic mass is 79.9. The molecule has 0 radical (unpaired) electrons.